The molecule has 16 heavy (non-hydrogen) atoms. The van der Waals surface area contributed by atoms with Gasteiger partial charge in [0.2, 0.25) is 0 Å². The first-order valence-electron chi connectivity index (χ1n) is 5.71. The van der Waals surface area contributed by atoms with Gasteiger partial charge in [-0.05, 0) is 31.1 Å². The summed E-state index contributed by atoms with van der Waals surface area (Å²) in [5.41, 5.74) is -0.00260. The summed E-state index contributed by atoms with van der Waals surface area (Å²) in [7, 11) is 0. The Labute approximate surface area is 122 Å². The number of thiol groups is 4. The molecule has 0 heterocycles. The second-order valence-electron chi connectivity index (χ2n) is 6.19. The first kappa shape index (κ1) is 15.5. The molecule has 4 unspecified atom stereocenters. The predicted molar refractivity (Wildman–Crippen MR) is 87.6 cm³/mol. The van der Waals surface area contributed by atoms with E-state index in [1.807, 2.05) is 0 Å². The van der Waals surface area contributed by atoms with E-state index in [1.165, 1.54) is 0 Å². The van der Waals surface area contributed by atoms with Gasteiger partial charge in [-0.25, -0.2) is 0 Å². The van der Waals surface area contributed by atoms with E-state index in [-0.39, 0.29) is 14.9 Å². The maximum atomic E-state index is 4.87. The molecule has 0 bridgehead atoms. The van der Waals surface area contributed by atoms with Crippen molar-refractivity contribution in [2.45, 2.75) is 55.1 Å². The molecule has 0 aromatic heterocycles. The molecular weight excluding hydrogens is 272 g/mol. The molecule has 0 aromatic rings. The van der Waals surface area contributed by atoms with Crippen LogP contribution in [0, 0.1) is 17.3 Å². The average molecular weight is 297 g/mol. The second kappa shape index (κ2) is 3.94. The lowest BCUT2D eigenvalue weighted by Gasteiger charge is -2.65. The third kappa shape index (κ3) is 1.62. The molecule has 0 spiro atoms. The molecule has 0 radical (unpaired) electrons. The molecule has 1 saturated carbocycles. The largest absolute Gasteiger partial charge is 0.171 e. The maximum absolute atomic E-state index is 4.87. The Morgan fingerprint density at radius 1 is 0.750 bits per heavy atom. The number of hydrogen-bond donors (Lipinski definition) is 4. The van der Waals surface area contributed by atoms with Crippen LogP contribution in [-0.2, 0) is 0 Å². The molecule has 1 aliphatic rings. The van der Waals surface area contributed by atoms with E-state index in [0.717, 1.165) is 0 Å². The number of rotatable bonds is 0. The van der Waals surface area contributed by atoms with Crippen molar-refractivity contribution >= 4 is 50.5 Å². The van der Waals surface area contributed by atoms with E-state index in [1.54, 1.807) is 0 Å². The van der Waals surface area contributed by atoms with Gasteiger partial charge in [-0.2, -0.15) is 50.5 Å². The Hall–Kier alpha value is 1.40. The lowest BCUT2D eigenvalue weighted by molar-refractivity contribution is 0.0485. The van der Waals surface area contributed by atoms with Gasteiger partial charge in [-0.1, -0.05) is 27.7 Å². The summed E-state index contributed by atoms with van der Waals surface area (Å²) < 4.78 is -1.02. The summed E-state index contributed by atoms with van der Waals surface area (Å²) in [5.74, 6) is 0.950. The third-order valence-electron chi connectivity index (χ3n) is 5.34. The molecule has 0 N–H and O–H groups in total. The van der Waals surface area contributed by atoms with Crippen LogP contribution in [0.15, 0.2) is 0 Å². The van der Waals surface area contributed by atoms with Crippen LogP contribution in [-0.4, -0.2) is 13.6 Å². The molecule has 0 amide bonds. The monoisotopic (exact) mass is 296 g/mol. The zero-order valence-corrected chi connectivity index (χ0v) is 14.5. The fourth-order valence-corrected chi connectivity index (χ4v) is 4.78. The highest BCUT2D eigenvalue weighted by Crippen LogP contribution is 2.66. The van der Waals surface area contributed by atoms with Crippen molar-refractivity contribution in [2.75, 3.05) is 0 Å². The maximum Gasteiger partial charge on any atom is 0.0759 e. The quantitative estimate of drug-likeness (QED) is 0.373. The van der Waals surface area contributed by atoms with E-state index in [0.29, 0.717) is 11.8 Å². The van der Waals surface area contributed by atoms with Gasteiger partial charge in [0.1, 0.15) is 0 Å². The Bertz CT molecular complexity index is 261. The Kier molecular flexibility index (Phi) is 3.81. The number of hydrogen-bond acceptors (Lipinski definition) is 4. The molecule has 0 nitrogen and oxygen atoms in total. The first-order chi connectivity index (χ1) is 6.82. The van der Waals surface area contributed by atoms with Crippen LogP contribution >= 0.6 is 50.5 Å². The molecule has 0 aromatic carbocycles. The van der Waals surface area contributed by atoms with Gasteiger partial charge >= 0.3 is 0 Å². The minimum Gasteiger partial charge on any atom is -0.171 e. The molecule has 0 saturated heterocycles. The first-order valence-corrected chi connectivity index (χ1v) is 7.50. The highest BCUT2D eigenvalue weighted by atomic mass is 32.2. The van der Waals surface area contributed by atoms with Crippen molar-refractivity contribution in [1.29, 1.82) is 0 Å². The van der Waals surface area contributed by atoms with E-state index >= 15 is 0 Å². The van der Waals surface area contributed by atoms with Gasteiger partial charge in [0, 0.05) is 9.49 Å². The fraction of sp³-hybridized carbons (Fsp3) is 1.00. The van der Waals surface area contributed by atoms with Gasteiger partial charge in [0.15, 0.2) is 0 Å². The van der Waals surface area contributed by atoms with Crippen molar-refractivity contribution < 1.29 is 0 Å². The van der Waals surface area contributed by atoms with Gasteiger partial charge in [0.05, 0.1) is 4.08 Å². The van der Waals surface area contributed by atoms with Crippen LogP contribution in [0.5, 0.6) is 0 Å². The smallest absolute Gasteiger partial charge is 0.0759 e. The van der Waals surface area contributed by atoms with Crippen LogP contribution in [0.2, 0.25) is 0 Å². The van der Waals surface area contributed by atoms with E-state index in [9.17, 15) is 0 Å². The van der Waals surface area contributed by atoms with Crippen molar-refractivity contribution in [1.82, 2.24) is 0 Å². The van der Waals surface area contributed by atoms with Crippen LogP contribution in [0.3, 0.4) is 0 Å². The van der Waals surface area contributed by atoms with Crippen LogP contribution < -0.4 is 0 Å². The highest BCUT2D eigenvalue weighted by Gasteiger charge is 2.66. The van der Waals surface area contributed by atoms with Crippen molar-refractivity contribution in [3.8, 4) is 0 Å². The molecular formula is C12H24S4. The average Bonchev–Trinajstić information content (AvgIpc) is 2.12. The molecule has 0 aliphatic heterocycles. The molecule has 4 atom stereocenters. The molecule has 1 rings (SSSR count). The molecule has 1 fully saturated rings. The van der Waals surface area contributed by atoms with Gasteiger partial charge in [0.25, 0.3) is 0 Å². The van der Waals surface area contributed by atoms with Gasteiger partial charge < -0.3 is 0 Å². The summed E-state index contributed by atoms with van der Waals surface area (Å²) in [6.45, 7) is 13.2. The SMILES string of the molecule is CC1C(C)C(C)(S)C(C)(S)C(S)(S)C1(C)C. The zero-order valence-electron chi connectivity index (χ0n) is 10.9. The lowest BCUT2D eigenvalue weighted by Crippen LogP contribution is -2.69. The van der Waals surface area contributed by atoms with Crippen molar-refractivity contribution in [3.05, 3.63) is 0 Å². The van der Waals surface area contributed by atoms with Crippen molar-refractivity contribution in [3.63, 3.8) is 0 Å². The van der Waals surface area contributed by atoms with Gasteiger partial charge in [-0.3, -0.25) is 0 Å². The Morgan fingerprint density at radius 2 is 1.12 bits per heavy atom. The standard InChI is InChI=1S/C12H24S4/c1-7-8(2)10(5,13)11(6,14)12(15,16)9(7,3)4/h7-8,13-16H,1-6H3. The minimum atomic E-state index is -0.467. The van der Waals surface area contributed by atoms with E-state index in [4.69, 9.17) is 50.5 Å². The summed E-state index contributed by atoms with van der Waals surface area (Å²) in [5, 5.41) is 0. The Morgan fingerprint density at radius 3 is 1.50 bits per heavy atom. The van der Waals surface area contributed by atoms with E-state index < -0.39 is 4.08 Å². The van der Waals surface area contributed by atoms with Crippen LogP contribution in [0.25, 0.3) is 0 Å². The summed E-state index contributed by atoms with van der Waals surface area (Å²) in [6, 6.07) is 0. The summed E-state index contributed by atoms with van der Waals surface area (Å²) in [6.07, 6.45) is 0. The molecule has 4 heteroatoms. The summed E-state index contributed by atoms with van der Waals surface area (Å²) in [4.78, 5) is 0. The Balaban J connectivity index is 3.42. The van der Waals surface area contributed by atoms with Crippen molar-refractivity contribution in [2.24, 2.45) is 17.3 Å². The normalized spacial score (nSPS) is 51.4. The zero-order chi connectivity index (χ0) is 13.2. The lowest BCUT2D eigenvalue weighted by atomic mass is 9.56. The summed E-state index contributed by atoms with van der Waals surface area (Å²) >= 11 is 19.4. The topological polar surface area (TPSA) is 0 Å². The third-order valence-corrected chi connectivity index (χ3v) is 9.57. The van der Waals surface area contributed by atoms with Gasteiger partial charge in [-0.15, -0.1) is 0 Å². The molecule has 96 valence electrons. The van der Waals surface area contributed by atoms with Crippen LogP contribution in [0.1, 0.15) is 41.5 Å². The second-order valence-corrected chi connectivity index (χ2v) is 9.71. The molecule has 1 aliphatic carbocycles. The predicted octanol–water partition coefficient (Wildman–Crippen LogP) is 4.23. The van der Waals surface area contributed by atoms with E-state index in [2.05, 4.69) is 41.5 Å². The fourth-order valence-electron chi connectivity index (χ4n) is 2.85. The van der Waals surface area contributed by atoms with Crippen LogP contribution in [0.4, 0.5) is 0 Å². The highest BCUT2D eigenvalue weighted by molar-refractivity contribution is 8.02. The minimum absolute atomic E-state index is 0.00260.